The van der Waals surface area contributed by atoms with Crippen molar-refractivity contribution in [1.82, 2.24) is 5.32 Å². The van der Waals surface area contributed by atoms with Gasteiger partial charge in [0, 0.05) is 22.1 Å². The van der Waals surface area contributed by atoms with Gasteiger partial charge in [-0.05, 0) is 23.3 Å². The quantitative estimate of drug-likeness (QED) is 0.863. The molecule has 1 aliphatic rings. The average Bonchev–Trinajstić information content (AvgIpc) is 2.64. The summed E-state index contributed by atoms with van der Waals surface area (Å²) in [6.45, 7) is 10.0. The second-order valence-corrected chi connectivity index (χ2v) is 9.99. The van der Waals surface area contributed by atoms with Crippen molar-refractivity contribution >= 4 is 37.0 Å². The van der Waals surface area contributed by atoms with Crippen LogP contribution in [0.25, 0.3) is 0 Å². The van der Waals surface area contributed by atoms with Gasteiger partial charge in [0.15, 0.2) is 0 Å². The highest BCUT2D eigenvalue weighted by molar-refractivity contribution is 8.15. The van der Waals surface area contributed by atoms with Gasteiger partial charge in [-0.15, -0.1) is 11.3 Å². The molecule has 1 amide bonds. The maximum absolute atomic E-state index is 12.3. The smallest absolute Gasteiger partial charge is 0.271 e. The molecule has 0 aromatic carbocycles. The van der Waals surface area contributed by atoms with E-state index in [9.17, 15) is 13.2 Å². The maximum atomic E-state index is 12.3. The van der Waals surface area contributed by atoms with Crippen molar-refractivity contribution in [1.29, 1.82) is 0 Å². The van der Waals surface area contributed by atoms with E-state index in [4.69, 9.17) is 10.7 Å². The summed E-state index contributed by atoms with van der Waals surface area (Å²) < 4.78 is 22.8. The highest BCUT2D eigenvalue weighted by atomic mass is 35.7. The molecule has 0 radical (unpaired) electrons. The summed E-state index contributed by atoms with van der Waals surface area (Å²) >= 11 is 0.978. The van der Waals surface area contributed by atoms with Crippen molar-refractivity contribution < 1.29 is 13.2 Å². The minimum absolute atomic E-state index is 0.0357. The normalized spacial score (nSPS) is 20.7. The fourth-order valence-electron chi connectivity index (χ4n) is 2.63. The predicted octanol–water partition coefficient (Wildman–Crippen LogP) is 3.15. The number of carbonyl (C=O) groups excluding carboxylic acids is 1. The van der Waals surface area contributed by atoms with E-state index in [1.54, 1.807) is 12.3 Å². The minimum Gasteiger partial charge on any atom is -0.348 e. The van der Waals surface area contributed by atoms with Crippen molar-refractivity contribution in [3.8, 4) is 0 Å². The van der Waals surface area contributed by atoms with Gasteiger partial charge < -0.3 is 5.32 Å². The number of amides is 1. The summed E-state index contributed by atoms with van der Waals surface area (Å²) in [5, 5.41) is 4.53. The summed E-state index contributed by atoms with van der Waals surface area (Å²) in [5.74, 6) is -0.242. The molecule has 0 unspecified atom stereocenters. The fraction of sp³-hybridized carbons (Fsp3) is 0.615. The van der Waals surface area contributed by atoms with Crippen LogP contribution >= 0.6 is 22.0 Å². The van der Waals surface area contributed by atoms with Crippen LogP contribution in [0.15, 0.2) is 9.59 Å². The molecular weight excluding hydrogens is 318 g/mol. The summed E-state index contributed by atoms with van der Waals surface area (Å²) in [6.07, 6.45) is 0. The van der Waals surface area contributed by atoms with Gasteiger partial charge in [-0.1, -0.05) is 27.7 Å². The van der Waals surface area contributed by atoms with Crippen molar-refractivity contribution in [2.75, 3.05) is 0 Å². The van der Waals surface area contributed by atoms with Gasteiger partial charge in [-0.25, -0.2) is 8.42 Å². The molecule has 7 heteroatoms. The fourth-order valence-corrected chi connectivity index (χ4v) is 5.18. The Labute approximate surface area is 127 Å². The molecule has 1 aliphatic carbocycles. The lowest BCUT2D eigenvalue weighted by atomic mass is 10.0. The van der Waals surface area contributed by atoms with Crippen LogP contribution in [-0.4, -0.2) is 20.4 Å². The topological polar surface area (TPSA) is 63.2 Å². The van der Waals surface area contributed by atoms with Gasteiger partial charge in [-0.2, -0.15) is 0 Å². The van der Waals surface area contributed by atoms with Crippen molar-refractivity contribution in [2.24, 2.45) is 10.8 Å². The molecular formula is C13H18ClNO3S2. The zero-order valence-corrected chi connectivity index (χ0v) is 14.5. The molecule has 0 spiro atoms. The Balaban J connectivity index is 2.23. The zero-order chi connectivity index (χ0) is 15.5. The van der Waals surface area contributed by atoms with E-state index in [0.29, 0.717) is 11.1 Å². The number of halogens is 1. The second-order valence-electron chi connectivity index (χ2n) is 6.35. The number of carbonyl (C=O) groups is 1. The predicted molar refractivity (Wildman–Crippen MR) is 80.9 cm³/mol. The Bertz CT molecular complexity index is 660. The first kappa shape index (κ1) is 15.8. The third-order valence-electron chi connectivity index (χ3n) is 4.76. The molecule has 1 aromatic heterocycles. The molecule has 0 saturated heterocycles. The summed E-state index contributed by atoms with van der Waals surface area (Å²) in [5.41, 5.74) is 0.869. The largest absolute Gasteiger partial charge is 0.348 e. The molecule has 20 heavy (non-hydrogen) atoms. The van der Waals surface area contributed by atoms with Crippen LogP contribution in [0.5, 0.6) is 0 Å². The standard InChI is InChI=1S/C13H18ClNO3S2/c1-7-8(6-19-10(7)20(14,17)18)9(16)15-11-12(2,3)13(11,4)5/h6,11H,1-5H3,(H,15,16). The molecule has 2 rings (SSSR count). The van der Waals surface area contributed by atoms with E-state index in [0.717, 1.165) is 11.3 Å². The van der Waals surface area contributed by atoms with Crippen molar-refractivity contribution in [2.45, 2.75) is 44.9 Å². The van der Waals surface area contributed by atoms with Gasteiger partial charge >= 0.3 is 0 Å². The van der Waals surface area contributed by atoms with Crippen molar-refractivity contribution in [3.05, 3.63) is 16.5 Å². The third-order valence-corrected chi connectivity index (χ3v) is 8.06. The van der Waals surface area contributed by atoms with Gasteiger partial charge in [0.2, 0.25) is 0 Å². The molecule has 112 valence electrons. The van der Waals surface area contributed by atoms with Crippen LogP contribution in [-0.2, 0) is 9.05 Å². The SMILES string of the molecule is Cc1c(C(=O)NC2C(C)(C)C2(C)C)csc1S(=O)(=O)Cl. The minimum atomic E-state index is -3.79. The lowest BCUT2D eigenvalue weighted by Crippen LogP contribution is -2.29. The molecule has 0 bridgehead atoms. The van der Waals surface area contributed by atoms with Gasteiger partial charge in [0.1, 0.15) is 4.21 Å². The van der Waals surface area contributed by atoms with Crippen LogP contribution < -0.4 is 5.32 Å². The monoisotopic (exact) mass is 335 g/mol. The van der Waals surface area contributed by atoms with Crippen LogP contribution in [0.3, 0.4) is 0 Å². The average molecular weight is 336 g/mol. The first-order chi connectivity index (χ1) is 8.90. The number of rotatable bonds is 3. The Hall–Kier alpha value is -0.590. The molecule has 4 nitrogen and oxygen atoms in total. The molecule has 0 atom stereocenters. The number of thiophene rings is 1. The van der Waals surface area contributed by atoms with E-state index in [1.165, 1.54) is 0 Å². The zero-order valence-electron chi connectivity index (χ0n) is 12.1. The van der Waals surface area contributed by atoms with E-state index in [-0.39, 0.29) is 27.0 Å². The molecule has 1 fully saturated rings. The molecule has 1 N–H and O–H groups in total. The first-order valence-corrected chi connectivity index (χ1v) is 9.43. The summed E-state index contributed by atoms with van der Waals surface area (Å²) in [6, 6.07) is 0.0814. The van der Waals surface area contributed by atoms with Crippen LogP contribution in [0.1, 0.15) is 43.6 Å². The maximum Gasteiger partial charge on any atom is 0.271 e. The van der Waals surface area contributed by atoms with E-state index >= 15 is 0 Å². The van der Waals surface area contributed by atoms with Crippen LogP contribution in [0.4, 0.5) is 0 Å². The molecule has 0 aliphatic heterocycles. The number of hydrogen-bond acceptors (Lipinski definition) is 4. The highest BCUT2D eigenvalue weighted by Crippen LogP contribution is 2.62. The molecule has 1 heterocycles. The summed E-state index contributed by atoms with van der Waals surface area (Å²) in [4.78, 5) is 12.3. The second kappa shape index (κ2) is 4.45. The Kier molecular flexibility index (Phi) is 3.51. The van der Waals surface area contributed by atoms with Gasteiger partial charge in [0.25, 0.3) is 15.0 Å². The van der Waals surface area contributed by atoms with Crippen LogP contribution in [0, 0.1) is 17.8 Å². The Morgan fingerprint density at radius 1 is 1.30 bits per heavy atom. The molecule has 1 aromatic rings. The highest BCUT2D eigenvalue weighted by Gasteiger charge is 2.65. The van der Waals surface area contributed by atoms with E-state index in [2.05, 4.69) is 33.0 Å². The molecule has 1 saturated carbocycles. The summed E-state index contributed by atoms with van der Waals surface area (Å²) in [7, 11) is 1.55. The van der Waals surface area contributed by atoms with Crippen LogP contribution in [0.2, 0.25) is 0 Å². The number of hydrogen-bond donors (Lipinski definition) is 1. The Morgan fingerprint density at radius 3 is 2.15 bits per heavy atom. The third kappa shape index (κ3) is 2.27. The Morgan fingerprint density at radius 2 is 1.80 bits per heavy atom. The van der Waals surface area contributed by atoms with Gasteiger partial charge in [-0.3, -0.25) is 4.79 Å². The van der Waals surface area contributed by atoms with E-state index in [1.807, 2.05) is 0 Å². The van der Waals surface area contributed by atoms with E-state index < -0.39 is 9.05 Å². The first-order valence-electron chi connectivity index (χ1n) is 6.24. The van der Waals surface area contributed by atoms with Gasteiger partial charge in [0.05, 0.1) is 5.56 Å². The lowest BCUT2D eigenvalue weighted by molar-refractivity contribution is 0.0943. The number of nitrogens with one attached hydrogen (secondary N) is 1. The van der Waals surface area contributed by atoms with Crippen molar-refractivity contribution in [3.63, 3.8) is 0 Å². The lowest BCUT2D eigenvalue weighted by Gasteiger charge is -2.06.